The van der Waals surface area contributed by atoms with Crippen molar-refractivity contribution in [1.29, 1.82) is 0 Å². The lowest BCUT2D eigenvalue weighted by Gasteiger charge is -2.30. The van der Waals surface area contributed by atoms with Gasteiger partial charge in [0, 0.05) is 96.8 Å². The summed E-state index contributed by atoms with van der Waals surface area (Å²) in [7, 11) is 0. The number of aliphatic imine (C=N–C) groups is 1. The van der Waals surface area contributed by atoms with Gasteiger partial charge >= 0.3 is 0 Å². The zero-order valence-corrected chi connectivity index (χ0v) is 23.7. The standard InChI is InChI=1S/C29H32Cl2N8O/c30-20-3-5-22-24(18-20)34-10-7-26(22)37-12-13-38(27-8-11-35-25-19-21(31)4-6-23(25)27)15-17-39(16-14-37)28(40)2-1-9-36-29(32)33/h3-8,10-11,18-19H,1-2,9,12-17H2,(H4,32,33,36). The minimum Gasteiger partial charge on any atom is -0.370 e. The number of rotatable bonds is 6. The summed E-state index contributed by atoms with van der Waals surface area (Å²) >= 11 is 12.5. The lowest BCUT2D eigenvalue weighted by atomic mass is 10.1. The van der Waals surface area contributed by atoms with E-state index in [9.17, 15) is 4.79 Å². The number of anilines is 2. The maximum Gasteiger partial charge on any atom is 0.222 e. The molecule has 0 unspecified atom stereocenters. The van der Waals surface area contributed by atoms with Crippen molar-refractivity contribution in [3.63, 3.8) is 0 Å². The molecule has 0 bridgehead atoms. The van der Waals surface area contributed by atoms with Gasteiger partial charge in [0.1, 0.15) is 0 Å². The van der Waals surface area contributed by atoms with Gasteiger partial charge in [0.15, 0.2) is 5.96 Å². The molecule has 9 nitrogen and oxygen atoms in total. The normalized spacial score (nSPS) is 14.6. The van der Waals surface area contributed by atoms with Crippen LogP contribution in [0.15, 0.2) is 65.9 Å². The molecule has 208 valence electrons. The highest BCUT2D eigenvalue weighted by Crippen LogP contribution is 2.30. The molecule has 3 heterocycles. The van der Waals surface area contributed by atoms with Crippen LogP contribution in [0.1, 0.15) is 12.8 Å². The highest BCUT2D eigenvalue weighted by molar-refractivity contribution is 6.31. The van der Waals surface area contributed by atoms with E-state index in [0.29, 0.717) is 55.6 Å². The number of carbonyl (C=O) groups excluding carboxylic acids is 1. The maximum absolute atomic E-state index is 13.3. The van der Waals surface area contributed by atoms with Gasteiger partial charge in [0.2, 0.25) is 5.91 Å². The van der Waals surface area contributed by atoms with E-state index in [2.05, 4.69) is 24.8 Å². The van der Waals surface area contributed by atoms with Crippen molar-refractivity contribution in [2.45, 2.75) is 12.8 Å². The van der Waals surface area contributed by atoms with Crippen LogP contribution in [-0.2, 0) is 4.79 Å². The first kappa shape index (κ1) is 27.7. The van der Waals surface area contributed by atoms with Crippen LogP contribution in [0.2, 0.25) is 10.0 Å². The minimum atomic E-state index is 0.0400. The van der Waals surface area contributed by atoms with E-state index in [-0.39, 0.29) is 11.9 Å². The number of carbonyl (C=O) groups is 1. The minimum absolute atomic E-state index is 0.0400. The van der Waals surface area contributed by atoms with Crippen molar-refractivity contribution in [2.75, 3.05) is 55.6 Å². The topological polar surface area (TPSA) is 117 Å². The predicted molar refractivity (Wildman–Crippen MR) is 164 cm³/mol. The number of aromatic nitrogens is 2. The second-order valence-electron chi connectivity index (χ2n) is 9.75. The molecule has 0 radical (unpaired) electrons. The van der Waals surface area contributed by atoms with Gasteiger partial charge in [0.05, 0.1) is 11.0 Å². The molecule has 2 aromatic carbocycles. The average Bonchev–Trinajstić information content (AvgIpc) is 3.05. The van der Waals surface area contributed by atoms with Gasteiger partial charge in [-0.05, 0) is 55.0 Å². The number of nitrogens with zero attached hydrogens (tertiary/aromatic N) is 6. The van der Waals surface area contributed by atoms with Crippen LogP contribution in [0, 0.1) is 0 Å². The van der Waals surface area contributed by atoms with Crippen molar-refractivity contribution in [2.24, 2.45) is 16.5 Å². The Bertz CT molecular complexity index is 1440. The maximum atomic E-state index is 13.3. The fourth-order valence-electron chi connectivity index (χ4n) is 5.15. The Hall–Kier alpha value is -3.82. The van der Waals surface area contributed by atoms with Gasteiger partial charge in [-0.1, -0.05) is 23.2 Å². The summed E-state index contributed by atoms with van der Waals surface area (Å²) < 4.78 is 0. The van der Waals surface area contributed by atoms with Crippen LogP contribution in [0.5, 0.6) is 0 Å². The third kappa shape index (κ3) is 6.48. The zero-order valence-electron chi connectivity index (χ0n) is 22.1. The van der Waals surface area contributed by atoms with Crippen LogP contribution >= 0.6 is 23.2 Å². The Kier molecular flexibility index (Phi) is 8.72. The number of hydrogen-bond donors (Lipinski definition) is 2. The number of pyridine rings is 2. The summed E-state index contributed by atoms with van der Waals surface area (Å²) in [5.74, 6) is 0.128. The lowest BCUT2D eigenvalue weighted by molar-refractivity contribution is -0.131. The van der Waals surface area contributed by atoms with E-state index in [4.69, 9.17) is 34.7 Å². The van der Waals surface area contributed by atoms with E-state index >= 15 is 0 Å². The highest BCUT2D eigenvalue weighted by Gasteiger charge is 2.22. The molecule has 5 rings (SSSR count). The van der Waals surface area contributed by atoms with Crippen molar-refractivity contribution in [1.82, 2.24) is 14.9 Å². The zero-order chi connectivity index (χ0) is 28.1. The Labute approximate surface area is 243 Å². The van der Waals surface area contributed by atoms with Gasteiger partial charge in [-0.2, -0.15) is 0 Å². The molecule has 0 atom stereocenters. The molecule has 0 saturated carbocycles. The van der Waals surface area contributed by atoms with Crippen molar-refractivity contribution < 1.29 is 4.79 Å². The summed E-state index contributed by atoms with van der Waals surface area (Å²) in [6.07, 6.45) is 4.59. The Morgan fingerprint density at radius 1 is 0.775 bits per heavy atom. The van der Waals surface area contributed by atoms with E-state index < -0.39 is 0 Å². The molecule has 0 spiro atoms. The molecule has 1 aliphatic heterocycles. The van der Waals surface area contributed by atoms with Gasteiger partial charge in [-0.15, -0.1) is 0 Å². The first-order chi connectivity index (χ1) is 19.4. The fraction of sp³-hybridized carbons (Fsp3) is 0.310. The van der Waals surface area contributed by atoms with E-state index in [1.54, 1.807) is 0 Å². The summed E-state index contributed by atoms with van der Waals surface area (Å²) in [5, 5.41) is 3.35. The van der Waals surface area contributed by atoms with E-state index in [1.807, 2.05) is 65.8 Å². The predicted octanol–water partition coefficient (Wildman–Crippen LogP) is 4.30. The number of amides is 1. The van der Waals surface area contributed by atoms with Gasteiger partial charge < -0.3 is 26.2 Å². The number of benzene rings is 2. The molecule has 1 fully saturated rings. The first-order valence-corrected chi connectivity index (χ1v) is 14.1. The monoisotopic (exact) mass is 578 g/mol. The molecule has 0 aliphatic carbocycles. The average molecular weight is 580 g/mol. The molecule has 40 heavy (non-hydrogen) atoms. The fourth-order valence-corrected chi connectivity index (χ4v) is 5.48. The Morgan fingerprint density at radius 2 is 1.27 bits per heavy atom. The molecule has 4 aromatic rings. The summed E-state index contributed by atoms with van der Waals surface area (Å²) in [6.45, 7) is 4.50. The number of halogens is 2. The van der Waals surface area contributed by atoms with Crippen LogP contribution in [0.4, 0.5) is 11.4 Å². The quantitative estimate of drug-likeness (QED) is 0.199. The van der Waals surface area contributed by atoms with Gasteiger partial charge in [0.25, 0.3) is 0 Å². The Balaban J connectivity index is 1.46. The second-order valence-corrected chi connectivity index (χ2v) is 10.6. The number of guanidine groups is 1. The van der Waals surface area contributed by atoms with Crippen LogP contribution < -0.4 is 21.3 Å². The molecule has 1 aliphatic rings. The van der Waals surface area contributed by atoms with Gasteiger partial charge in [-0.3, -0.25) is 19.8 Å². The van der Waals surface area contributed by atoms with Crippen LogP contribution in [0.25, 0.3) is 21.8 Å². The Morgan fingerprint density at radius 3 is 1.77 bits per heavy atom. The van der Waals surface area contributed by atoms with Crippen molar-refractivity contribution in [3.8, 4) is 0 Å². The molecular weight excluding hydrogens is 547 g/mol. The molecular formula is C29H32Cl2N8O. The van der Waals surface area contributed by atoms with E-state index in [1.165, 1.54) is 0 Å². The van der Waals surface area contributed by atoms with Crippen molar-refractivity contribution >= 4 is 68.2 Å². The summed E-state index contributed by atoms with van der Waals surface area (Å²) in [4.78, 5) is 33.0. The molecule has 2 aromatic heterocycles. The first-order valence-electron chi connectivity index (χ1n) is 13.3. The third-order valence-corrected chi connectivity index (χ3v) is 7.63. The number of fused-ring (bicyclic) bond motifs is 2. The van der Waals surface area contributed by atoms with E-state index in [0.717, 1.165) is 46.3 Å². The van der Waals surface area contributed by atoms with Gasteiger partial charge in [-0.25, -0.2) is 0 Å². The van der Waals surface area contributed by atoms with Crippen LogP contribution in [-0.4, -0.2) is 72.5 Å². The molecule has 1 saturated heterocycles. The van der Waals surface area contributed by atoms with Crippen LogP contribution in [0.3, 0.4) is 0 Å². The second kappa shape index (κ2) is 12.6. The SMILES string of the molecule is NC(N)=NCCCC(=O)N1CCN(c2ccnc3cc(Cl)ccc23)CCN(c2ccnc3cc(Cl)ccc23)CC1. The smallest absolute Gasteiger partial charge is 0.222 e. The molecule has 11 heteroatoms. The summed E-state index contributed by atoms with van der Waals surface area (Å²) in [6, 6.07) is 15.6. The summed E-state index contributed by atoms with van der Waals surface area (Å²) in [5.41, 5.74) is 14.7. The highest BCUT2D eigenvalue weighted by atomic mass is 35.5. The lowest BCUT2D eigenvalue weighted by Crippen LogP contribution is -2.40. The molecule has 4 N–H and O–H groups in total. The largest absolute Gasteiger partial charge is 0.370 e. The third-order valence-electron chi connectivity index (χ3n) is 7.16. The number of nitrogens with two attached hydrogens (primary N) is 2. The molecule has 1 amide bonds. The van der Waals surface area contributed by atoms with Crippen molar-refractivity contribution in [3.05, 3.63) is 71.0 Å². The number of hydrogen-bond acceptors (Lipinski definition) is 6.